The van der Waals surface area contributed by atoms with Crippen molar-refractivity contribution >= 4 is 29.2 Å². The first-order valence-corrected chi connectivity index (χ1v) is 7.60. The lowest BCUT2D eigenvalue weighted by Crippen LogP contribution is -2.25. The molecule has 0 saturated heterocycles. The maximum absolute atomic E-state index is 11.0. The van der Waals surface area contributed by atoms with Crippen LogP contribution in [0.2, 0.25) is 10.0 Å². The van der Waals surface area contributed by atoms with Crippen molar-refractivity contribution in [2.24, 2.45) is 0 Å². The summed E-state index contributed by atoms with van der Waals surface area (Å²) >= 11 is 12.2. The molecule has 0 radical (unpaired) electrons. The highest BCUT2D eigenvalue weighted by atomic mass is 35.5. The van der Waals surface area contributed by atoms with E-state index in [4.69, 9.17) is 28.3 Å². The minimum absolute atomic E-state index is 0.219. The van der Waals surface area contributed by atoms with Crippen LogP contribution in [0.4, 0.5) is 0 Å². The number of rotatable bonds is 6. The number of halogens is 2. The fourth-order valence-corrected chi connectivity index (χ4v) is 2.75. The van der Waals surface area contributed by atoms with E-state index in [9.17, 15) is 4.79 Å². The van der Waals surface area contributed by atoms with Crippen LogP contribution in [0.15, 0.2) is 29.5 Å². The topological polar surface area (TPSA) is 40.5 Å². The maximum atomic E-state index is 11.0. The second-order valence-corrected chi connectivity index (χ2v) is 6.01. The van der Waals surface area contributed by atoms with Crippen molar-refractivity contribution in [3.63, 3.8) is 0 Å². The predicted octanol–water partition coefficient (Wildman–Crippen LogP) is 4.80. The smallest absolute Gasteiger partial charge is 0.333 e. The van der Waals surface area contributed by atoms with Crippen molar-refractivity contribution in [3.05, 3.63) is 45.1 Å². The minimum atomic E-state index is -0.892. The van der Waals surface area contributed by atoms with E-state index in [1.165, 1.54) is 0 Å². The number of aliphatic carboxylic acids is 1. The summed E-state index contributed by atoms with van der Waals surface area (Å²) in [6.07, 6.45) is 0.908. The van der Waals surface area contributed by atoms with E-state index in [1.807, 2.05) is 31.0 Å². The number of hydrogen-bond acceptors (Lipinski definition) is 2. The van der Waals surface area contributed by atoms with Crippen LogP contribution < -0.4 is 0 Å². The quantitative estimate of drug-likeness (QED) is 0.762. The Hall–Kier alpha value is -1.19. The molecule has 1 N–H and O–H groups in total. The molecule has 0 aromatic heterocycles. The van der Waals surface area contributed by atoms with Gasteiger partial charge in [0.05, 0.1) is 5.57 Å². The number of hydrogen-bond donors (Lipinski definition) is 1. The molecule has 0 saturated carbocycles. The van der Waals surface area contributed by atoms with Gasteiger partial charge < -0.3 is 10.0 Å². The predicted molar refractivity (Wildman–Crippen MR) is 88.1 cm³/mol. The van der Waals surface area contributed by atoms with Gasteiger partial charge in [-0.3, -0.25) is 0 Å². The highest BCUT2D eigenvalue weighted by Crippen LogP contribution is 2.30. The van der Waals surface area contributed by atoms with E-state index in [2.05, 4.69) is 6.92 Å². The van der Waals surface area contributed by atoms with Crippen molar-refractivity contribution < 1.29 is 9.90 Å². The lowest BCUT2D eigenvalue weighted by Gasteiger charge is -2.27. The highest BCUT2D eigenvalue weighted by Gasteiger charge is 2.17. The van der Waals surface area contributed by atoms with E-state index in [0.717, 1.165) is 17.7 Å². The molecule has 1 aromatic carbocycles. The Bertz CT molecular complexity index is 555. The standard InChI is InChI=1S/C16H21Cl2NO2/c1-5-12(14-7-6-13(17)8-15(14)18)9-19(4)11(3)10(2)16(20)21/h6-8,12H,5,9H2,1-4H3,(H,20,21). The van der Waals surface area contributed by atoms with E-state index < -0.39 is 5.97 Å². The van der Waals surface area contributed by atoms with Crippen LogP contribution >= 0.6 is 23.2 Å². The first-order valence-electron chi connectivity index (χ1n) is 6.84. The summed E-state index contributed by atoms with van der Waals surface area (Å²) in [4.78, 5) is 13.0. The van der Waals surface area contributed by atoms with Crippen molar-refractivity contribution in [1.29, 1.82) is 0 Å². The van der Waals surface area contributed by atoms with Crippen LogP contribution in [-0.2, 0) is 4.79 Å². The SMILES string of the molecule is CCC(CN(C)C(C)=C(C)C(=O)O)c1ccc(Cl)cc1Cl. The summed E-state index contributed by atoms with van der Waals surface area (Å²) in [7, 11) is 1.90. The van der Waals surface area contributed by atoms with Crippen molar-refractivity contribution in [1.82, 2.24) is 4.90 Å². The lowest BCUT2D eigenvalue weighted by molar-refractivity contribution is -0.132. The monoisotopic (exact) mass is 329 g/mol. The van der Waals surface area contributed by atoms with Gasteiger partial charge in [0, 0.05) is 35.3 Å². The number of carbonyl (C=O) groups is 1. The number of benzene rings is 1. The van der Waals surface area contributed by atoms with Crippen LogP contribution in [0, 0.1) is 0 Å². The van der Waals surface area contributed by atoms with Crippen LogP contribution in [0.25, 0.3) is 0 Å². The van der Waals surface area contributed by atoms with Crippen LogP contribution in [-0.4, -0.2) is 29.6 Å². The van der Waals surface area contributed by atoms with Crippen LogP contribution in [0.5, 0.6) is 0 Å². The van der Waals surface area contributed by atoms with E-state index in [0.29, 0.717) is 22.2 Å². The molecule has 3 nitrogen and oxygen atoms in total. The van der Waals surface area contributed by atoms with Gasteiger partial charge in [-0.15, -0.1) is 0 Å². The molecule has 0 heterocycles. The Labute approximate surface area is 136 Å². The largest absolute Gasteiger partial charge is 0.478 e. The fraction of sp³-hybridized carbons (Fsp3) is 0.438. The highest BCUT2D eigenvalue weighted by molar-refractivity contribution is 6.35. The molecule has 0 aliphatic heterocycles. The first kappa shape index (κ1) is 17.9. The Morgan fingerprint density at radius 1 is 1.33 bits per heavy atom. The molecule has 1 atom stereocenters. The van der Waals surface area contributed by atoms with Gasteiger partial charge in [-0.05, 0) is 38.0 Å². The van der Waals surface area contributed by atoms with Gasteiger partial charge in [0.1, 0.15) is 0 Å². The molecule has 0 bridgehead atoms. The van der Waals surface area contributed by atoms with Gasteiger partial charge in [0.15, 0.2) is 0 Å². The summed E-state index contributed by atoms with van der Waals surface area (Å²) in [5, 5.41) is 10.3. The third kappa shape index (κ3) is 4.65. The molecular formula is C16H21Cl2NO2. The lowest BCUT2D eigenvalue weighted by atomic mass is 9.95. The second kappa shape index (κ2) is 7.71. The second-order valence-electron chi connectivity index (χ2n) is 5.17. The summed E-state index contributed by atoms with van der Waals surface area (Å²) in [6.45, 7) is 6.23. The van der Waals surface area contributed by atoms with Gasteiger partial charge in [-0.1, -0.05) is 36.2 Å². The minimum Gasteiger partial charge on any atom is -0.478 e. The molecule has 21 heavy (non-hydrogen) atoms. The third-order valence-electron chi connectivity index (χ3n) is 3.83. The zero-order chi connectivity index (χ0) is 16.2. The molecule has 0 spiro atoms. The molecule has 0 amide bonds. The molecular weight excluding hydrogens is 309 g/mol. The third-order valence-corrected chi connectivity index (χ3v) is 4.39. The average molecular weight is 330 g/mol. The number of likely N-dealkylation sites (N-methyl/N-ethyl adjacent to an activating group) is 1. The van der Waals surface area contributed by atoms with Gasteiger partial charge in [-0.25, -0.2) is 4.79 Å². The van der Waals surface area contributed by atoms with Gasteiger partial charge in [-0.2, -0.15) is 0 Å². The first-order chi connectivity index (χ1) is 9.77. The number of allylic oxidation sites excluding steroid dienone is 1. The summed E-state index contributed by atoms with van der Waals surface area (Å²) in [5.74, 6) is -0.673. The van der Waals surface area contributed by atoms with Crippen LogP contribution in [0.1, 0.15) is 38.7 Å². The molecule has 0 aliphatic rings. The molecule has 5 heteroatoms. The fourth-order valence-electron chi connectivity index (χ4n) is 2.19. The number of nitrogens with zero attached hydrogens (tertiary/aromatic N) is 1. The van der Waals surface area contributed by atoms with Crippen molar-refractivity contribution in [2.45, 2.75) is 33.1 Å². The van der Waals surface area contributed by atoms with Gasteiger partial charge in [0.25, 0.3) is 0 Å². The summed E-state index contributed by atoms with van der Waals surface area (Å²) in [5.41, 5.74) is 2.15. The van der Waals surface area contributed by atoms with Crippen LogP contribution in [0.3, 0.4) is 0 Å². The number of carboxylic acids is 1. The zero-order valence-corrected chi connectivity index (χ0v) is 14.3. The van der Waals surface area contributed by atoms with E-state index >= 15 is 0 Å². The number of carboxylic acid groups (broad SMARTS) is 1. The molecule has 1 aromatic rings. The van der Waals surface area contributed by atoms with Crippen molar-refractivity contribution in [2.75, 3.05) is 13.6 Å². The Morgan fingerprint density at radius 2 is 1.95 bits per heavy atom. The van der Waals surface area contributed by atoms with Crippen molar-refractivity contribution in [3.8, 4) is 0 Å². The molecule has 116 valence electrons. The molecule has 1 rings (SSSR count). The average Bonchev–Trinajstić information content (AvgIpc) is 2.43. The Balaban J connectivity index is 2.97. The maximum Gasteiger partial charge on any atom is 0.333 e. The van der Waals surface area contributed by atoms with E-state index in [1.54, 1.807) is 13.0 Å². The molecule has 1 unspecified atom stereocenters. The normalized spacial score (nSPS) is 13.6. The Morgan fingerprint density at radius 3 is 2.43 bits per heavy atom. The summed E-state index contributed by atoms with van der Waals surface area (Å²) < 4.78 is 0. The summed E-state index contributed by atoms with van der Waals surface area (Å²) in [6, 6.07) is 5.51. The zero-order valence-electron chi connectivity index (χ0n) is 12.8. The Kier molecular flexibility index (Phi) is 6.56. The van der Waals surface area contributed by atoms with E-state index in [-0.39, 0.29) is 5.92 Å². The van der Waals surface area contributed by atoms with Gasteiger partial charge >= 0.3 is 5.97 Å². The van der Waals surface area contributed by atoms with Gasteiger partial charge in [0.2, 0.25) is 0 Å². The molecule has 0 aliphatic carbocycles. The molecule has 0 fully saturated rings.